The first-order valence-electron chi connectivity index (χ1n) is 6.14. The van der Waals surface area contributed by atoms with Gasteiger partial charge in [0, 0.05) is 19.6 Å². The van der Waals surface area contributed by atoms with Crippen molar-refractivity contribution in [3.05, 3.63) is 35.4 Å². The van der Waals surface area contributed by atoms with Gasteiger partial charge in [0.05, 0.1) is 0 Å². The topological polar surface area (TPSA) is 36.4 Å². The van der Waals surface area contributed by atoms with Gasteiger partial charge in [-0.15, -0.1) is 0 Å². The van der Waals surface area contributed by atoms with Crippen LogP contribution >= 0.6 is 0 Å². The van der Waals surface area contributed by atoms with E-state index in [2.05, 4.69) is 60.7 Å². The van der Waals surface area contributed by atoms with Gasteiger partial charge in [-0.1, -0.05) is 29.8 Å². The van der Waals surface area contributed by atoms with E-state index in [0.29, 0.717) is 6.04 Å². The van der Waals surface area contributed by atoms with Crippen LogP contribution in [0.25, 0.3) is 0 Å². The summed E-state index contributed by atoms with van der Waals surface area (Å²) in [6, 6.07) is 9.01. The highest BCUT2D eigenvalue weighted by Gasteiger charge is 1.99. The van der Waals surface area contributed by atoms with Gasteiger partial charge >= 0.3 is 0 Å². The lowest BCUT2D eigenvalue weighted by atomic mass is 10.1. The molecule has 0 atom stereocenters. The van der Waals surface area contributed by atoms with E-state index in [1.165, 1.54) is 11.1 Å². The highest BCUT2D eigenvalue weighted by Crippen LogP contribution is 2.03. The fraction of sp³-hybridized carbons (Fsp3) is 0.500. The summed E-state index contributed by atoms with van der Waals surface area (Å²) in [4.78, 5) is 4.17. The molecule has 0 amide bonds. The highest BCUT2D eigenvalue weighted by molar-refractivity contribution is 5.79. The first-order chi connectivity index (χ1) is 8.11. The molecule has 0 aliphatic carbocycles. The van der Waals surface area contributed by atoms with Gasteiger partial charge in [-0.2, -0.15) is 0 Å². The Kier molecular flexibility index (Phi) is 5.53. The molecule has 3 nitrogen and oxygen atoms in total. The molecule has 3 heteroatoms. The van der Waals surface area contributed by atoms with Crippen LogP contribution in [0.4, 0.5) is 0 Å². The lowest BCUT2D eigenvalue weighted by Gasteiger charge is -2.14. The Morgan fingerprint density at radius 2 is 2.12 bits per heavy atom. The number of benzene rings is 1. The summed E-state index contributed by atoms with van der Waals surface area (Å²) in [6.07, 6.45) is 1.01. The van der Waals surface area contributed by atoms with Crippen LogP contribution in [0.3, 0.4) is 0 Å². The molecule has 1 aromatic carbocycles. The predicted molar refractivity (Wildman–Crippen MR) is 74.5 cm³/mol. The molecule has 1 aromatic rings. The van der Waals surface area contributed by atoms with Crippen LogP contribution in [0.1, 0.15) is 25.0 Å². The highest BCUT2D eigenvalue weighted by atomic mass is 15.2. The third-order valence-electron chi connectivity index (χ3n) is 2.44. The summed E-state index contributed by atoms with van der Waals surface area (Å²) >= 11 is 0. The second kappa shape index (κ2) is 6.94. The molecule has 0 radical (unpaired) electrons. The number of aryl methyl sites for hydroxylation is 1. The van der Waals surface area contributed by atoms with E-state index in [4.69, 9.17) is 0 Å². The van der Waals surface area contributed by atoms with Gasteiger partial charge in [0.25, 0.3) is 0 Å². The lowest BCUT2D eigenvalue weighted by molar-refractivity contribution is 0.698. The van der Waals surface area contributed by atoms with Gasteiger partial charge < -0.3 is 10.6 Å². The summed E-state index contributed by atoms with van der Waals surface area (Å²) in [5.74, 6) is 0.868. The van der Waals surface area contributed by atoms with Crippen molar-refractivity contribution in [2.45, 2.75) is 33.2 Å². The summed E-state index contributed by atoms with van der Waals surface area (Å²) < 4.78 is 0. The molecule has 0 heterocycles. The minimum Gasteiger partial charge on any atom is -0.356 e. The van der Waals surface area contributed by atoms with Gasteiger partial charge in [0.1, 0.15) is 0 Å². The van der Waals surface area contributed by atoms with Crippen LogP contribution < -0.4 is 10.6 Å². The first kappa shape index (κ1) is 13.6. The monoisotopic (exact) mass is 233 g/mol. The summed E-state index contributed by atoms with van der Waals surface area (Å²) in [6.45, 7) is 7.23. The minimum atomic E-state index is 0.403. The third-order valence-corrected chi connectivity index (χ3v) is 2.44. The molecule has 17 heavy (non-hydrogen) atoms. The van der Waals surface area contributed by atoms with Crippen LogP contribution in [0, 0.1) is 6.92 Å². The van der Waals surface area contributed by atoms with Gasteiger partial charge in [-0.3, -0.25) is 4.99 Å². The van der Waals surface area contributed by atoms with Gasteiger partial charge in [0.2, 0.25) is 0 Å². The molecule has 0 aliphatic heterocycles. The van der Waals surface area contributed by atoms with Crippen molar-refractivity contribution in [2.75, 3.05) is 13.6 Å². The minimum absolute atomic E-state index is 0.403. The first-order valence-corrected chi connectivity index (χ1v) is 6.14. The van der Waals surface area contributed by atoms with Crippen LogP contribution in [0.5, 0.6) is 0 Å². The fourth-order valence-corrected chi connectivity index (χ4v) is 1.66. The number of guanidine groups is 1. The maximum Gasteiger partial charge on any atom is 0.191 e. The summed E-state index contributed by atoms with van der Waals surface area (Å²) in [5.41, 5.74) is 2.67. The average Bonchev–Trinajstić information content (AvgIpc) is 2.27. The molecule has 0 aliphatic rings. The van der Waals surface area contributed by atoms with Crippen molar-refractivity contribution < 1.29 is 0 Å². The Labute approximate surface area is 104 Å². The third kappa shape index (κ3) is 5.38. The smallest absolute Gasteiger partial charge is 0.191 e. The SMILES string of the molecule is CN=C(NCCc1cccc(C)c1)NC(C)C. The van der Waals surface area contributed by atoms with Crippen LogP contribution in [-0.2, 0) is 6.42 Å². The van der Waals surface area contributed by atoms with Crippen LogP contribution in [0.2, 0.25) is 0 Å². The Bertz CT molecular complexity index is 369. The van der Waals surface area contributed by atoms with E-state index in [0.717, 1.165) is 18.9 Å². The van der Waals surface area contributed by atoms with E-state index in [9.17, 15) is 0 Å². The molecule has 0 aromatic heterocycles. The van der Waals surface area contributed by atoms with Crippen molar-refractivity contribution in [3.8, 4) is 0 Å². The van der Waals surface area contributed by atoms with E-state index in [-0.39, 0.29) is 0 Å². The number of rotatable bonds is 4. The maximum atomic E-state index is 4.17. The standard InChI is InChI=1S/C14H23N3/c1-11(2)17-14(15-4)16-9-8-13-7-5-6-12(3)10-13/h5-7,10-11H,8-9H2,1-4H3,(H2,15,16,17). The number of hydrogen-bond acceptors (Lipinski definition) is 1. The Balaban J connectivity index is 2.36. The van der Waals surface area contributed by atoms with Crippen molar-refractivity contribution >= 4 is 5.96 Å². The van der Waals surface area contributed by atoms with Crippen molar-refractivity contribution in [2.24, 2.45) is 4.99 Å². The molecule has 0 unspecified atom stereocenters. The molecule has 0 bridgehead atoms. The zero-order valence-electron chi connectivity index (χ0n) is 11.2. The summed E-state index contributed by atoms with van der Waals surface area (Å²) in [7, 11) is 1.80. The molecule has 0 spiro atoms. The van der Waals surface area contributed by atoms with Crippen molar-refractivity contribution in [3.63, 3.8) is 0 Å². The molecule has 2 N–H and O–H groups in total. The Morgan fingerprint density at radius 1 is 1.35 bits per heavy atom. The zero-order chi connectivity index (χ0) is 12.7. The molecule has 1 rings (SSSR count). The molecule has 0 saturated heterocycles. The van der Waals surface area contributed by atoms with Gasteiger partial charge in [0.15, 0.2) is 5.96 Å². The quantitative estimate of drug-likeness (QED) is 0.617. The molecular formula is C14H23N3. The van der Waals surface area contributed by atoms with Crippen LogP contribution in [-0.4, -0.2) is 25.6 Å². The second-order valence-electron chi connectivity index (χ2n) is 4.54. The second-order valence-corrected chi connectivity index (χ2v) is 4.54. The van der Waals surface area contributed by atoms with E-state index in [1.54, 1.807) is 7.05 Å². The zero-order valence-corrected chi connectivity index (χ0v) is 11.2. The Hall–Kier alpha value is -1.51. The van der Waals surface area contributed by atoms with Crippen molar-refractivity contribution in [1.82, 2.24) is 10.6 Å². The van der Waals surface area contributed by atoms with Crippen molar-refractivity contribution in [1.29, 1.82) is 0 Å². The largest absolute Gasteiger partial charge is 0.356 e. The molecule has 94 valence electrons. The maximum absolute atomic E-state index is 4.17. The summed E-state index contributed by atoms with van der Waals surface area (Å²) in [5, 5.41) is 6.57. The Morgan fingerprint density at radius 3 is 2.71 bits per heavy atom. The normalized spacial score (nSPS) is 11.7. The van der Waals surface area contributed by atoms with Gasteiger partial charge in [-0.25, -0.2) is 0 Å². The molecule has 0 fully saturated rings. The van der Waals surface area contributed by atoms with Gasteiger partial charge in [-0.05, 0) is 32.8 Å². The molecular weight excluding hydrogens is 210 g/mol. The number of hydrogen-bond donors (Lipinski definition) is 2. The predicted octanol–water partition coefficient (Wildman–Crippen LogP) is 2.11. The number of nitrogens with one attached hydrogen (secondary N) is 2. The number of nitrogens with zero attached hydrogens (tertiary/aromatic N) is 1. The van der Waals surface area contributed by atoms with E-state index < -0.39 is 0 Å². The van der Waals surface area contributed by atoms with E-state index in [1.807, 2.05) is 0 Å². The average molecular weight is 233 g/mol. The lowest BCUT2D eigenvalue weighted by Crippen LogP contribution is -2.41. The van der Waals surface area contributed by atoms with Crippen LogP contribution in [0.15, 0.2) is 29.3 Å². The van der Waals surface area contributed by atoms with E-state index >= 15 is 0 Å². The molecule has 0 saturated carbocycles. The number of aliphatic imine (C=N–C) groups is 1. The fourth-order valence-electron chi connectivity index (χ4n) is 1.66.